The van der Waals surface area contributed by atoms with Gasteiger partial charge in [-0.2, -0.15) is 0 Å². The third kappa shape index (κ3) is 8.00. The third-order valence-electron chi connectivity index (χ3n) is 11.4. The van der Waals surface area contributed by atoms with E-state index in [1.165, 1.54) is 47.3 Å². The highest BCUT2D eigenvalue weighted by Gasteiger charge is 2.30. The molecule has 0 saturated carbocycles. The highest BCUT2D eigenvalue weighted by atomic mass is 19.2. The summed E-state index contributed by atoms with van der Waals surface area (Å²) >= 11 is 0. The fourth-order valence-corrected chi connectivity index (χ4v) is 8.43. The molecule has 0 saturated heterocycles. The van der Waals surface area contributed by atoms with Gasteiger partial charge >= 0.3 is 0 Å². The molecule has 10 rings (SSSR count). The van der Waals surface area contributed by atoms with Crippen LogP contribution in [0.4, 0.5) is 23.2 Å². The number of azide groups is 1. The van der Waals surface area contributed by atoms with Crippen molar-refractivity contribution in [3.05, 3.63) is 165 Å². The molecule has 8 aromatic rings. The van der Waals surface area contributed by atoms with Crippen molar-refractivity contribution in [2.45, 2.75) is 19.5 Å². The van der Waals surface area contributed by atoms with Crippen LogP contribution in [0, 0.1) is 23.3 Å². The number of aryl methyl sites for hydroxylation is 1. The molecule has 2 aliphatic rings. The minimum absolute atomic E-state index is 0.0173. The molecule has 68 heavy (non-hydrogen) atoms. The summed E-state index contributed by atoms with van der Waals surface area (Å²) in [7, 11) is 0. The molecule has 6 heterocycles. The van der Waals surface area contributed by atoms with E-state index in [1.807, 2.05) is 12.1 Å². The van der Waals surface area contributed by atoms with Gasteiger partial charge in [-0.3, -0.25) is 4.68 Å². The zero-order valence-electron chi connectivity index (χ0n) is 35.4. The van der Waals surface area contributed by atoms with Crippen molar-refractivity contribution in [1.29, 1.82) is 0 Å². The summed E-state index contributed by atoms with van der Waals surface area (Å²) in [6.45, 7) is 0.199. The Morgan fingerprint density at radius 1 is 0.588 bits per heavy atom. The zero-order chi connectivity index (χ0) is 47.1. The van der Waals surface area contributed by atoms with Gasteiger partial charge in [0.2, 0.25) is 0 Å². The van der Waals surface area contributed by atoms with E-state index < -0.39 is 34.5 Å². The molecule has 6 N–H and O–H groups in total. The lowest BCUT2D eigenvalue weighted by atomic mass is 10.0. The molecule has 2 aliphatic heterocycles. The van der Waals surface area contributed by atoms with Crippen LogP contribution in [0.15, 0.2) is 108 Å². The second-order valence-electron chi connectivity index (χ2n) is 15.8. The number of hydrogen-bond donors (Lipinski definition) is 6. The highest BCUT2D eigenvalue weighted by Crippen LogP contribution is 2.42. The van der Waals surface area contributed by atoms with Crippen LogP contribution in [0.3, 0.4) is 0 Å². The van der Waals surface area contributed by atoms with Crippen LogP contribution in [0.1, 0.15) is 34.9 Å². The van der Waals surface area contributed by atoms with Gasteiger partial charge in [0.1, 0.15) is 28.6 Å². The van der Waals surface area contributed by atoms with E-state index in [-0.39, 0.29) is 58.5 Å². The van der Waals surface area contributed by atoms with Gasteiger partial charge in [-0.1, -0.05) is 46.7 Å². The number of nitrogens with zero attached hydrogens (tertiary/aromatic N) is 8. The van der Waals surface area contributed by atoms with Crippen molar-refractivity contribution >= 4 is 52.1 Å². The predicted octanol–water partition coefficient (Wildman–Crippen LogP) is 11.9. The molecule has 336 valence electrons. The number of aromatic hydroxyl groups is 3. The number of benzene rings is 4. The van der Waals surface area contributed by atoms with Crippen molar-refractivity contribution in [3.8, 4) is 61.8 Å². The van der Waals surface area contributed by atoms with Gasteiger partial charge in [0.15, 0.2) is 23.3 Å². The Labute approximate surface area is 382 Å². The number of aromatic amines is 2. The first-order valence-corrected chi connectivity index (χ1v) is 21.1. The summed E-state index contributed by atoms with van der Waals surface area (Å²) in [4.78, 5) is 19.4. The first kappa shape index (κ1) is 42.8. The Kier molecular flexibility index (Phi) is 11.1. The first-order valence-electron chi connectivity index (χ1n) is 21.1. The van der Waals surface area contributed by atoms with Gasteiger partial charge in [-0.15, -0.1) is 5.10 Å². The number of nitrogens with one attached hydrogen (secondary N) is 3. The number of aromatic nitrogens is 7. The maximum atomic E-state index is 16.9. The molecule has 0 unspecified atom stereocenters. The molecule has 0 radical (unpaired) electrons. The standard InChI is InChI=1S/C50H35F4N11O3/c51-46-45(47(52)49(54)50(48(46)53)56-24-29-25-65(64-62-29)20-4-19-57-63-55)44-39-17-15-37(60-39)42(27-6-2-9-31(67)22-27)35-13-11-33(58-35)41(26-5-1-8-30(66)21-26)34-12-14-36(59-34)43(38-16-18-40(44)61-38)28-7-3-10-32(68)23-28/h1-3,5-18,21-23,25,56,58,61,66-68H,4,19-20,24H2. The molecule has 0 amide bonds. The lowest BCUT2D eigenvalue weighted by molar-refractivity contribution is 0.462. The lowest BCUT2D eigenvalue weighted by Gasteiger charge is -2.14. The number of halogens is 4. The molecule has 0 fully saturated rings. The predicted molar refractivity (Wildman–Crippen MR) is 251 cm³/mol. The van der Waals surface area contributed by atoms with Gasteiger partial charge in [-0.05, 0) is 114 Å². The third-order valence-corrected chi connectivity index (χ3v) is 11.4. The van der Waals surface area contributed by atoms with Gasteiger partial charge < -0.3 is 30.6 Å². The van der Waals surface area contributed by atoms with Crippen LogP contribution in [-0.4, -0.2) is 56.8 Å². The van der Waals surface area contributed by atoms with Gasteiger partial charge in [0.25, 0.3) is 0 Å². The Balaban J connectivity index is 1.25. The number of phenols is 3. The molecule has 18 heteroatoms. The maximum Gasteiger partial charge on any atom is 0.185 e. The van der Waals surface area contributed by atoms with Crippen molar-refractivity contribution < 1.29 is 32.9 Å². The van der Waals surface area contributed by atoms with Gasteiger partial charge in [0, 0.05) is 62.3 Å². The fraction of sp³-hybridized carbons (Fsp3) is 0.0800. The number of fused-ring (bicyclic) bond motifs is 8. The first-order chi connectivity index (χ1) is 33.0. The van der Waals surface area contributed by atoms with Crippen LogP contribution in [0.25, 0.3) is 101 Å². The average Bonchev–Trinajstić information content (AvgIpc) is 4.20. The normalized spacial score (nSPS) is 11.8. The lowest BCUT2D eigenvalue weighted by Crippen LogP contribution is -2.10. The Bertz CT molecular complexity index is 3560. The molecule has 0 aliphatic carbocycles. The van der Waals surface area contributed by atoms with Gasteiger partial charge in [-0.25, -0.2) is 27.5 Å². The van der Waals surface area contributed by atoms with Crippen molar-refractivity contribution in [1.82, 2.24) is 34.9 Å². The number of phenolic OH excluding ortho intramolecular Hbond substituents is 3. The molecule has 8 bridgehead atoms. The van der Waals surface area contributed by atoms with Crippen LogP contribution < -0.4 is 5.32 Å². The van der Waals surface area contributed by atoms with Crippen LogP contribution >= 0.6 is 0 Å². The minimum atomic E-state index is -1.71. The summed E-state index contributed by atoms with van der Waals surface area (Å²) in [5.74, 6) is -6.91. The number of H-pyrrole nitrogens is 2. The fourth-order valence-electron chi connectivity index (χ4n) is 8.43. The molecule has 14 nitrogen and oxygen atoms in total. The summed E-state index contributed by atoms with van der Waals surface area (Å²) < 4.78 is 67.9. The van der Waals surface area contributed by atoms with E-state index in [0.29, 0.717) is 74.3 Å². The average molecular weight is 914 g/mol. The van der Waals surface area contributed by atoms with Crippen molar-refractivity contribution in [3.63, 3.8) is 0 Å². The second-order valence-corrected chi connectivity index (χ2v) is 15.8. The summed E-state index contributed by atoms with van der Waals surface area (Å²) in [6, 6.07) is 26.3. The Morgan fingerprint density at radius 2 is 1.03 bits per heavy atom. The molecular formula is C50H35F4N11O3. The zero-order valence-corrected chi connectivity index (χ0v) is 35.4. The van der Waals surface area contributed by atoms with E-state index in [9.17, 15) is 15.3 Å². The molecule has 4 aromatic heterocycles. The van der Waals surface area contributed by atoms with E-state index >= 15 is 17.6 Å². The highest BCUT2D eigenvalue weighted by molar-refractivity contribution is 6.00. The largest absolute Gasteiger partial charge is 0.508 e. The van der Waals surface area contributed by atoms with Crippen LogP contribution in [0.5, 0.6) is 17.2 Å². The minimum Gasteiger partial charge on any atom is -0.508 e. The Hall–Kier alpha value is -9.15. The molecule has 0 spiro atoms. The monoisotopic (exact) mass is 913 g/mol. The van der Waals surface area contributed by atoms with Gasteiger partial charge in [0.05, 0.1) is 41.1 Å². The SMILES string of the molecule is [N-]=[N+]=NCCCn1cc(CNc2c(F)c(F)c(-c3c4nc(c(-c5cccc(O)c5)c5ccc([nH]5)c(-c5cccc(O)c5)c5nc(c(-c6cccc(O)c6)c6ccc3[nH]6)C=C5)C=C4)c(F)c2F)nn1. The topological polar surface area (TPSA) is 210 Å². The van der Waals surface area contributed by atoms with E-state index in [4.69, 9.17) is 15.5 Å². The van der Waals surface area contributed by atoms with E-state index in [2.05, 4.69) is 35.6 Å². The summed E-state index contributed by atoms with van der Waals surface area (Å²) in [6.07, 6.45) is 8.56. The second kappa shape index (κ2) is 17.7. The summed E-state index contributed by atoms with van der Waals surface area (Å²) in [5.41, 5.74) is 12.0. The Morgan fingerprint density at radius 3 is 1.47 bits per heavy atom. The summed E-state index contributed by atoms with van der Waals surface area (Å²) in [5, 5.41) is 45.8. The van der Waals surface area contributed by atoms with E-state index in [0.717, 1.165) is 0 Å². The molecular weight excluding hydrogens is 879 g/mol. The maximum absolute atomic E-state index is 16.9. The quantitative estimate of drug-likeness (QED) is 0.0183. The smallest absolute Gasteiger partial charge is 0.185 e. The van der Waals surface area contributed by atoms with E-state index in [1.54, 1.807) is 72.8 Å². The number of rotatable bonds is 11. The van der Waals surface area contributed by atoms with Crippen molar-refractivity contribution in [2.75, 3.05) is 11.9 Å². The molecule has 4 aromatic carbocycles. The van der Waals surface area contributed by atoms with Crippen LogP contribution in [-0.2, 0) is 13.1 Å². The number of hydrogen-bond acceptors (Lipinski definition) is 9. The van der Waals surface area contributed by atoms with Crippen molar-refractivity contribution in [2.24, 2.45) is 5.11 Å². The number of anilines is 1. The van der Waals surface area contributed by atoms with Crippen LogP contribution in [0.2, 0.25) is 0 Å². The molecule has 0 atom stereocenters.